The molecule has 1 aromatic rings. The lowest BCUT2D eigenvalue weighted by atomic mass is 10.1. The molecule has 1 saturated carbocycles. The Bertz CT molecular complexity index is 733. The minimum absolute atomic E-state index is 0.146. The zero-order valence-electron chi connectivity index (χ0n) is 14.9. The molecular weight excluding hydrogens is 340 g/mol. The van der Waals surface area contributed by atoms with Crippen LogP contribution < -0.4 is 4.74 Å². The average molecular weight is 366 g/mol. The molecule has 1 aliphatic carbocycles. The predicted octanol–water partition coefficient (Wildman–Crippen LogP) is 2.03. The van der Waals surface area contributed by atoms with Crippen LogP contribution in [0, 0.1) is 12.8 Å². The first-order valence-corrected chi connectivity index (χ1v) is 10.3. The van der Waals surface area contributed by atoms with Gasteiger partial charge >= 0.3 is 0 Å². The van der Waals surface area contributed by atoms with Crippen molar-refractivity contribution >= 4 is 15.9 Å². The summed E-state index contributed by atoms with van der Waals surface area (Å²) < 4.78 is 32.4. The van der Waals surface area contributed by atoms with Gasteiger partial charge in [0.25, 0.3) is 0 Å². The van der Waals surface area contributed by atoms with E-state index in [1.807, 2.05) is 11.8 Å². The van der Waals surface area contributed by atoms with Crippen LogP contribution >= 0.6 is 0 Å². The van der Waals surface area contributed by atoms with Crippen LogP contribution in [0.1, 0.15) is 31.2 Å². The molecule has 0 radical (unpaired) electrons. The van der Waals surface area contributed by atoms with Crippen molar-refractivity contribution in [1.82, 2.24) is 9.21 Å². The number of ether oxygens (including phenoxy) is 1. The fraction of sp³-hybridized carbons (Fsp3) is 0.611. The summed E-state index contributed by atoms with van der Waals surface area (Å²) in [6.07, 6.45) is 4.20. The Morgan fingerprint density at radius 2 is 1.76 bits per heavy atom. The van der Waals surface area contributed by atoms with Crippen molar-refractivity contribution in [2.24, 2.45) is 5.92 Å². The molecule has 1 heterocycles. The highest BCUT2D eigenvalue weighted by Crippen LogP contribution is 2.28. The van der Waals surface area contributed by atoms with Gasteiger partial charge in [-0.05, 0) is 43.5 Å². The van der Waals surface area contributed by atoms with Gasteiger partial charge < -0.3 is 9.64 Å². The molecule has 1 amide bonds. The summed E-state index contributed by atoms with van der Waals surface area (Å²) in [4.78, 5) is 14.6. The van der Waals surface area contributed by atoms with Crippen LogP contribution in [0.5, 0.6) is 5.75 Å². The second kappa shape index (κ2) is 7.33. The van der Waals surface area contributed by atoms with Crippen molar-refractivity contribution in [2.75, 3.05) is 33.3 Å². The van der Waals surface area contributed by atoms with Crippen molar-refractivity contribution in [3.05, 3.63) is 23.8 Å². The van der Waals surface area contributed by atoms with Crippen LogP contribution in [0.25, 0.3) is 0 Å². The second-order valence-corrected chi connectivity index (χ2v) is 8.78. The van der Waals surface area contributed by atoms with E-state index in [4.69, 9.17) is 4.74 Å². The number of nitrogens with zero attached hydrogens (tertiary/aromatic N) is 2. The fourth-order valence-corrected chi connectivity index (χ4v) is 5.25. The normalized spacial score (nSPS) is 20.0. The van der Waals surface area contributed by atoms with Gasteiger partial charge in [0.1, 0.15) is 5.75 Å². The Morgan fingerprint density at radius 3 is 2.32 bits per heavy atom. The number of benzene rings is 1. The molecule has 2 fully saturated rings. The molecule has 0 atom stereocenters. The smallest absolute Gasteiger partial charge is 0.243 e. The number of piperazine rings is 1. The van der Waals surface area contributed by atoms with Gasteiger partial charge in [0, 0.05) is 32.1 Å². The Kier molecular flexibility index (Phi) is 5.34. The van der Waals surface area contributed by atoms with Crippen LogP contribution in [0.3, 0.4) is 0 Å². The van der Waals surface area contributed by atoms with Crippen molar-refractivity contribution < 1.29 is 17.9 Å². The number of carbonyl (C=O) groups excluding carboxylic acids is 1. The molecule has 138 valence electrons. The van der Waals surface area contributed by atoms with Crippen LogP contribution in [0.15, 0.2) is 23.1 Å². The predicted molar refractivity (Wildman–Crippen MR) is 95.0 cm³/mol. The highest BCUT2D eigenvalue weighted by atomic mass is 32.2. The van der Waals surface area contributed by atoms with E-state index in [1.165, 1.54) is 4.31 Å². The van der Waals surface area contributed by atoms with Crippen molar-refractivity contribution in [1.29, 1.82) is 0 Å². The van der Waals surface area contributed by atoms with E-state index in [1.54, 1.807) is 25.3 Å². The number of methoxy groups -OCH3 is 1. The van der Waals surface area contributed by atoms with Crippen LogP contribution in [-0.2, 0) is 14.8 Å². The highest BCUT2D eigenvalue weighted by Gasteiger charge is 2.33. The first-order chi connectivity index (χ1) is 11.9. The molecule has 7 heteroatoms. The molecule has 1 saturated heterocycles. The molecule has 0 spiro atoms. The van der Waals surface area contributed by atoms with E-state index in [2.05, 4.69) is 0 Å². The molecule has 6 nitrogen and oxygen atoms in total. The van der Waals surface area contributed by atoms with Crippen molar-refractivity contribution in [3.8, 4) is 5.75 Å². The van der Waals surface area contributed by atoms with E-state index < -0.39 is 10.0 Å². The number of hydrogen-bond donors (Lipinski definition) is 0. The SMILES string of the molecule is COc1ccc(S(=O)(=O)N2CCN(C(=O)C3CCCC3)CC2)cc1C. The first-order valence-electron chi connectivity index (χ1n) is 8.87. The van der Waals surface area contributed by atoms with Gasteiger partial charge in [-0.15, -0.1) is 0 Å². The van der Waals surface area contributed by atoms with Crippen LogP contribution in [0.4, 0.5) is 0 Å². The van der Waals surface area contributed by atoms with Crippen molar-refractivity contribution in [2.45, 2.75) is 37.5 Å². The van der Waals surface area contributed by atoms with Gasteiger partial charge in [0.15, 0.2) is 0 Å². The third kappa shape index (κ3) is 3.67. The summed E-state index contributed by atoms with van der Waals surface area (Å²) in [6, 6.07) is 4.91. The van der Waals surface area contributed by atoms with E-state index in [9.17, 15) is 13.2 Å². The number of carbonyl (C=O) groups is 1. The average Bonchev–Trinajstić information content (AvgIpc) is 3.15. The summed E-state index contributed by atoms with van der Waals surface area (Å²) >= 11 is 0. The van der Waals surface area contributed by atoms with Crippen molar-refractivity contribution in [3.63, 3.8) is 0 Å². The Balaban J connectivity index is 1.67. The lowest BCUT2D eigenvalue weighted by molar-refractivity contribution is -0.136. The maximum absolute atomic E-state index is 12.9. The standard InChI is InChI=1S/C18H26N2O4S/c1-14-13-16(7-8-17(14)24-2)25(22,23)20-11-9-19(10-12-20)18(21)15-5-3-4-6-15/h7-8,13,15H,3-6,9-12H2,1-2H3. The summed E-state index contributed by atoms with van der Waals surface area (Å²) in [5.41, 5.74) is 0.790. The monoisotopic (exact) mass is 366 g/mol. The summed E-state index contributed by atoms with van der Waals surface area (Å²) in [6.45, 7) is 3.49. The minimum Gasteiger partial charge on any atom is -0.496 e. The molecule has 2 aliphatic rings. The molecule has 1 aromatic carbocycles. The van der Waals surface area contributed by atoms with Gasteiger partial charge in [-0.3, -0.25) is 4.79 Å². The number of aryl methyl sites for hydroxylation is 1. The number of hydrogen-bond acceptors (Lipinski definition) is 4. The molecule has 0 unspecified atom stereocenters. The van der Waals surface area contributed by atoms with Crippen LogP contribution in [0.2, 0.25) is 0 Å². The zero-order chi connectivity index (χ0) is 18.0. The number of sulfonamides is 1. The van der Waals surface area contributed by atoms with Gasteiger partial charge in [-0.2, -0.15) is 4.31 Å². The third-order valence-corrected chi connectivity index (χ3v) is 7.15. The Morgan fingerprint density at radius 1 is 1.12 bits per heavy atom. The topological polar surface area (TPSA) is 66.9 Å². The van der Waals surface area contributed by atoms with Gasteiger partial charge in [0.2, 0.25) is 15.9 Å². The first kappa shape index (κ1) is 18.2. The maximum atomic E-state index is 12.9. The molecule has 3 rings (SSSR count). The van der Waals surface area contributed by atoms with E-state index in [0.717, 1.165) is 31.2 Å². The van der Waals surface area contributed by atoms with Gasteiger partial charge in [-0.1, -0.05) is 12.8 Å². The van der Waals surface area contributed by atoms with E-state index in [-0.39, 0.29) is 16.7 Å². The minimum atomic E-state index is -3.54. The number of rotatable bonds is 4. The van der Waals surface area contributed by atoms with E-state index in [0.29, 0.717) is 31.9 Å². The summed E-state index contributed by atoms with van der Waals surface area (Å²) in [7, 11) is -1.97. The lowest BCUT2D eigenvalue weighted by Crippen LogP contribution is -2.51. The quantitative estimate of drug-likeness (QED) is 0.818. The molecule has 25 heavy (non-hydrogen) atoms. The maximum Gasteiger partial charge on any atom is 0.243 e. The molecule has 0 N–H and O–H groups in total. The van der Waals surface area contributed by atoms with Gasteiger partial charge in [0.05, 0.1) is 12.0 Å². The molecule has 0 bridgehead atoms. The molecule has 0 aromatic heterocycles. The lowest BCUT2D eigenvalue weighted by Gasteiger charge is -2.35. The largest absolute Gasteiger partial charge is 0.496 e. The Hall–Kier alpha value is -1.60. The third-order valence-electron chi connectivity index (χ3n) is 5.26. The molecule has 1 aliphatic heterocycles. The summed E-state index contributed by atoms with van der Waals surface area (Å²) in [5, 5.41) is 0. The van der Waals surface area contributed by atoms with Crippen LogP contribution in [-0.4, -0.2) is 56.8 Å². The molecular formula is C18H26N2O4S. The summed E-state index contributed by atoms with van der Waals surface area (Å²) in [5.74, 6) is 1.02. The van der Waals surface area contributed by atoms with Gasteiger partial charge in [-0.25, -0.2) is 8.42 Å². The Labute approximate surface area is 149 Å². The zero-order valence-corrected chi connectivity index (χ0v) is 15.7. The van der Waals surface area contributed by atoms with E-state index >= 15 is 0 Å². The highest BCUT2D eigenvalue weighted by molar-refractivity contribution is 7.89. The number of amides is 1. The second-order valence-electron chi connectivity index (χ2n) is 6.84. The fourth-order valence-electron chi connectivity index (χ4n) is 3.74.